The Labute approximate surface area is 238 Å². The Morgan fingerprint density at radius 2 is 1.68 bits per heavy atom. The summed E-state index contributed by atoms with van der Waals surface area (Å²) in [6.45, 7) is 6.60. The van der Waals surface area contributed by atoms with E-state index in [0.29, 0.717) is 51.6 Å². The highest BCUT2D eigenvalue weighted by Crippen LogP contribution is 2.48. The van der Waals surface area contributed by atoms with Gasteiger partial charge in [-0.1, -0.05) is 12.1 Å². The first-order chi connectivity index (χ1) is 19.4. The molecule has 1 unspecified atom stereocenters. The molecule has 3 atom stereocenters. The number of likely N-dealkylation sites (tertiary alicyclic amines) is 1. The summed E-state index contributed by atoms with van der Waals surface area (Å²) in [6.07, 6.45) is -1.25. The number of hydrogen-bond donors (Lipinski definition) is 1. The molecule has 6 rings (SSSR count). The van der Waals surface area contributed by atoms with Crippen LogP contribution < -0.4 is 10.5 Å². The van der Waals surface area contributed by atoms with Crippen molar-refractivity contribution in [2.45, 2.75) is 38.6 Å². The largest absolute Gasteiger partial charge is 0.474 e. The number of piperidine rings is 1. The molecule has 12 heteroatoms. The highest BCUT2D eigenvalue weighted by atomic mass is 32.1. The highest BCUT2D eigenvalue weighted by Gasteiger charge is 2.59. The Balaban J connectivity index is 1.16. The van der Waals surface area contributed by atoms with E-state index in [1.54, 1.807) is 30.6 Å². The summed E-state index contributed by atoms with van der Waals surface area (Å²) in [5, 5.41) is 0.606. The van der Waals surface area contributed by atoms with Gasteiger partial charge in [0, 0.05) is 54.5 Å². The molecule has 8 nitrogen and oxygen atoms in total. The number of alkyl halides is 3. The van der Waals surface area contributed by atoms with Crippen molar-refractivity contribution in [1.29, 1.82) is 0 Å². The molecule has 1 aromatic carbocycles. The number of benzene rings is 1. The van der Waals surface area contributed by atoms with E-state index in [9.17, 15) is 18.0 Å². The zero-order chi connectivity index (χ0) is 29.1. The molecule has 1 amide bonds. The lowest BCUT2D eigenvalue weighted by Crippen LogP contribution is -2.33. The summed E-state index contributed by atoms with van der Waals surface area (Å²) in [4.78, 5) is 33.3. The zero-order valence-corrected chi connectivity index (χ0v) is 23.3. The number of rotatable bonds is 6. The van der Waals surface area contributed by atoms with E-state index in [-0.39, 0.29) is 23.8 Å². The predicted molar refractivity (Wildman–Crippen MR) is 147 cm³/mol. The third-order valence-corrected chi connectivity index (χ3v) is 8.60. The van der Waals surface area contributed by atoms with E-state index in [0.717, 1.165) is 17.7 Å². The third-order valence-electron chi connectivity index (χ3n) is 7.46. The van der Waals surface area contributed by atoms with E-state index in [2.05, 4.69) is 19.9 Å². The Morgan fingerprint density at radius 1 is 1.02 bits per heavy atom. The summed E-state index contributed by atoms with van der Waals surface area (Å²) < 4.78 is 45.4. The van der Waals surface area contributed by atoms with Crippen molar-refractivity contribution < 1.29 is 22.7 Å². The Bertz CT molecular complexity index is 1590. The lowest BCUT2D eigenvalue weighted by Gasteiger charge is -2.22. The molecular formula is C29H27F3N6O2S. The van der Waals surface area contributed by atoms with Gasteiger partial charge in [-0.3, -0.25) is 4.79 Å². The van der Waals surface area contributed by atoms with E-state index in [4.69, 9.17) is 10.5 Å². The molecule has 2 N–H and O–H groups in total. The highest BCUT2D eigenvalue weighted by molar-refractivity contribution is 7.17. The molecule has 0 bridgehead atoms. The molecule has 4 heterocycles. The van der Waals surface area contributed by atoms with E-state index in [1.807, 2.05) is 25.7 Å². The Kier molecular flexibility index (Phi) is 6.57. The number of halogens is 3. The number of hydrogen-bond acceptors (Lipinski definition) is 8. The molecule has 4 aromatic rings. The van der Waals surface area contributed by atoms with Crippen molar-refractivity contribution in [2.24, 2.45) is 17.6 Å². The van der Waals surface area contributed by atoms with Crippen LogP contribution in [0.4, 0.5) is 13.2 Å². The van der Waals surface area contributed by atoms with Gasteiger partial charge < -0.3 is 15.4 Å². The van der Waals surface area contributed by atoms with Crippen LogP contribution in [0.5, 0.6) is 5.88 Å². The van der Waals surface area contributed by atoms with Gasteiger partial charge in [-0.05, 0) is 50.6 Å². The van der Waals surface area contributed by atoms with Crippen LogP contribution in [-0.2, 0) is 11.7 Å². The number of nitrogens with two attached hydrogens (primary N) is 1. The number of ether oxygens (including phenoxy) is 1. The number of carbonyl (C=O) groups excluding carboxylic acids is 1. The van der Waals surface area contributed by atoms with E-state index >= 15 is 0 Å². The maximum Gasteiger partial charge on any atom is 0.416 e. The number of aryl methyl sites for hydroxylation is 1. The average Bonchev–Trinajstić information content (AvgIpc) is 3.25. The van der Waals surface area contributed by atoms with Gasteiger partial charge in [-0.15, -0.1) is 11.3 Å². The van der Waals surface area contributed by atoms with Crippen LogP contribution in [0.25, 0.3) is 22.1 Å². The maximum atomic E-state index is 13.3. The summed E-state index contributed by atoms with van der Waals surface area (Å²) in [6, 6.07) is 10.1. The van der Waals surface area contributed by atoms with E-state index < -0.39 is 17.3 Å². The van der Waals surface area contributed by atoms with Crippen molar-refractivity contribution in [3.8, 4) is 28.0 Å². The molecule has 0 radical (unpaired) electrons. The second-order valence-electron chi connectivity index (χ2n) is 11.0. The number of aromatic nitrogens is 4. The first-order valence-electron chi connectivity index (χ1n) is 13.1. The lowest BCUT2D eigenvalue weighted by molar-refractivity contribution is -0.137. The van der Waals surface area contributed by atoms with Gasteiger partial charge in [0.25, 0.3) is 5.91 Å². The molecule has 1 saturated carbocycles. The van der Waals surface area contributed by atoms with Crippen LogP contribution in [0.3, 0.4) is 0 Å². The van der Waals surface area contributed by atoms with E-state index in [1.165, 1.54) is 23.5 Å². The summed E-state index contributed by atoms with van der Waals surface area (Å²) in [5.74, 6) is 1.11. The van der Waals surface area contributed by atoms with Gasteiger partial charge in [0.05, 0.1) is 17.0 Å². The van der Waals surface area contributed by atoms with Gasteiger partial charge in [0.1, 0.15) is 11.0 Å². The van der Waals surface area contributed by atoms with Crippen molar-refractivity contribution in [2.75, 3.05) is 13.1 Å². The van der Waals surface area contributed by atoms with Gasteiger partial charge in [-0.2, -0.15) is 13.2 Å². The first kappa shape index (κ1) is 27.3. The average molecular weight is 581 g/mol. The summed E-state index contributed by atoms with van der Waals surface area (Å²) in [5.41, 5.74) is 7.32. The molecule has 1 aliphatic heterocycles. The Hall–Kier alpha value is -3.90. The number of thiazole rings is 1. The van der Waals surface area contributed by atoms with Crippen molar-refractivity contribution >= 4 is 17.2 Å². The Morgan fingerprint density at radius 3 is 2.29 bits per heavy atom. The minimum Gasteiger partial charge on any atom is -0.474 e. The molecule has 3 aromatic heterocycles. The van der Waals surface area contributed by atoms with Crippen LogP contribution in [0.15, 0.2) is 54.9 Å². The van der Waals surface area contributed by atoms with Crippen LogP contribution in [0, 0.1) is 18.8 Å². The third kappa shape index (κ3) is 5.41. The predicted octanol–water partition coefficient (Wildman–Crippen LogP) is 5.33. The molecule has 1 saturated heterocycles. The summed E-state index contributed by atoms with van der Waals surface area (Å²) >= 11 is 1.29. The molecule has 0 spiro atoms. The second-order valence-corrected chi connectivity index (χ2v) is 12.0. The van der Waals surface area contributed by atoms with Crippen molar-refractivity contribution in [3.05, 3.63) is 76.6 Å². The number of nitrogens with zero attached hydrogens (tertiary/aromatic N) is 5. The topological polar surface area (TPSA) is 107 Å². The van der Waals surface area contributed by atoms with Crippen molar-refractivity contribution in [3.63, 3.8) is 0 Å². The smallest absolute Gasteiger partial charge is 0.416 e. The minimum absolute atomic E-state index is 0.0669. The number of amides is 1. The SMILES string of the molecule is Cc1nc(-c2ncccn2)sc1C(=O)N1C[C@@H]2C(Oc3cc(C(C)(C)N)cc(-c4ccc(C(F)(F)F)cc4)n3)[C@@H]2C1. The molecular weight excluding hydrogens is 553 g/mol. The maximum absolute atomic E-state index is 13.3. The number of fused-ring (bicyclic) bond motifs is 1. The molecule has 2 fully saturated rings. The first-order valence-corrected chi connectivity index (χ1v) is 13.9. The zero-order valence-electron chi connectivity index (χ0n) is 22.5. The van der Waals surface area contributed by atoms with Crippen LogP contribution in [0.1, 0.15) is 40.3 Å². The number of pyridine rings is 1. The van der Waals surface area contributed by atoms with Gasteiger partial charge >= 0.3 is 6.18 Å². The van der Waals surface area contributed by atoms with Crippen LogP contribution in [0.2, 0.25) is 0 Å². The van der Waals surface area contributed by atoms with Gasteiger partial charge in [0.2, 0.25) is 5.88 Å². The molecule has 212 valence electrons. The monoisotopic (exact) mass is 580 g/mol. The second kappa shape index (κ2) is 9.88. The standard InChI is InChI=1S/C29H27F3N6O2S/c1-15-24(41-26(36-15)25-34-9-4-10-35-25)27(39)38-13-19-20(14-38)23(19)40-22-12-18(28(2,3)33)11-21(37-22)16-5-7-17(8-6-16)29(30,31)32/h4-12,19-20,23H,13-14,33H2,1-3H3/t19-,20+,23?. The minimum atomic E-state index is -4.42. The quantitative estimate of drug-likeness (QED) is 0.328. The van der Waals surface area contributed by atoms with Gasteiger partial charge in [-0.25, -0.2) is 19.9 Å². The fourth-order valence-corrected chi connectivity index (χ4v) is 6.09. The fourth-order valence-electron chi connectivity index (χ4n) is 5.11. The van der Waals surface area contributed by atoms with Crippen LogP contribution >= 0.6 is 11.3 Å². The van der Waals surface area contributed by atoms with Gasteiger partial charge in [0.15, 0.2) is 10.8 Å². The molecule has 41 heavy (non-hydrogen) atoms. The van der Waals surface area contributed by atoms with Crippen LogP contribution in [-0.4, -0.2) is 49.9 Å². The summed E-state index contributed by atoms with van der Waals surface area (Å²) in [7, 11) is 0. The van der Waals surface area contributed by atoms with Crippen molar-refractivity contribution in [1.82, 2.24) is 24.8 Å². The molecule has 2 aliphatic rings. The number of carbonyl (C=O) groups is 1. The lowest BCUT2D eigenvalue weighted by atomic mass is 9.94. The fraction of sp³-hybridized carbons (Fsp3) is 0.345. The molecule has 1 aliphatic carbocycles. The normalized spacial score (nSPS) is 20.2.